The Morgan fingerprint density at radius 1 is 1.56 bits per heavy atom. The molecule has 0 bridgehead atoms. The molecule has 0 amide bonds. The fourth-order valence-electron chi connectivity index (χ4n) is 2.11. The molecule has 0 spiro atoms. The summed E-state index contributed by atoms with van der Waals surface area (Å²) < 4.78 is 0. The van der Waals surface area contributed by atoms with E-state index in [1.807, 2.05) is 6.20 Å². The molecule has 1 aliphatic heterocycles. The monoisotopic (exact) mass is 256 g/mol. The molecule has 90 valence electrons. The summed E-state index contributed by atoms with van der Waals surface area (Å²) in [7, 11) is 0. The largest absolute Gasteiger partial charge is 0.304 e. The summed E-state index contributed by atoms with van der Waals surface area (Å²) in [6.07, 6.45) is 4.62. The van der Waals surface area contributed by atoms with Crippen molar-refractivity contribution < 1.29 is 0 Å². The summed E-state index contributed by atoms with van der Waals surface area (Å²) in [6, 6.07) is 1.04. The van der Waals surface area contributed by atoms with Gasteiger partial charge in [-0.3, -0.25) is 0 Å². The summed E-state index contributed by atoms with van der Waals surface area (Å²) in [5.74, 6) is 1.32. The Morgan fingerprint density at radius 3 is 3.00 bits per heavy atom. The highest BCUT2D eigenvalue weighted by atomic mass is 32.2. The number of thioether (sulfide) groups is 1. The summed E-state index contributed by atoms with van der Waals surface area (Å²) in [4.78, 5) is 5.76. The third-order valence-corrected chi connectivity index (χ3v) is 5.55. The van der Waals surface area contributed by atoms with E-state index in [0.717, 1.165) is 5.25 Å². The van der Waals surface area contributed by atoms with E-state index >= 15 is 0 Å². The normalized spacial score (nSPS) is 27.9. The van der Waals surface area contributed by atoms with E-state index < -0.39 is 0 Å². The van der Waals surface area contributed by atoms with Gasteiger partial charge in [-0.2, -0.15) is 11.8 Å². The maximum Gasteiger partial charge on any atom is 0.109 e. The molecule has 1 aromatic rings. The Bertz CT molecular complexity index is 338. The second kappa shape index (κ2) is 5.52. The molecule has 1 N–H and O–H groups in total. The predicted octanol–water partition coefficient (Wildman–Crippen LogP) is 3.39. The fraction of sp³-hybridized carbons (Fsp3) is 0.750. The quantitative estimate of drug-likeness (QED) is 0.897. The standard InChI is InChI=1S/C12H20N2S2/c1-8-7-13-12(16-8)9(2)14-11-5-4-6-15-10(11)3/h7,9-11,14H,4-6H2,1-3H3. The number of nitrogens with one attached hydrogen (secondary N) is 1. The van der Waals surface area contributed by atoms with Crippen molar-refractivity contribution in [2.24, 2.45) is 0 Å². The van der Waals surface area contributed by atoms with Crippen molar-refractivity contribution in [3.05, 3.63) is 16.1 Å². The molecule has 4 heteroatoms. The topological polar surface area (TPSA) is 24.9 Å². The van der Waals surface area contributed by atoms with Crippen LogP contribution < -0.4 is 5.32 Å². The van der Waals surface area contributed by atoms with E-state index in [-0.39, 0.29) is 0 Å². The number of nitrogens with zero attached hydrogens (tertiary/aromatic N) is 1. The van der Waals surface area contributed by atoms with Gasteiger partial charge in [-0.15, -0.1) is 11.3 Å². The molecular formula is C12H20N2S2. The number of hydrogen-bond donors (Lipinski definition) is 1. The molecule has 2 heterocycles. The molecule has 0 aliphatic carbocycles. The van der Waals surface area contributed by atoms with Crippen LogP contribution in [0.1, 0.15) is 42.6 Å². The Balaban J connectivity index is 1.93. The van der Waals surface area contributed by atoms with Gasteiger partial charge in [-0.05, 0) is 32.4 Å². The SMILES string of the molecule is Cc1cnc(C(C)NC2CCCSC2C)s1. The second-order valence-corrected chi connectivity index (χ2v) is 7.27. The fourth-order valence-corrected chi connectivity index (χ4v) is 4.04. The van der Waals surface area contributed by atoms with Crippen LogP contribution >= 0.6 is 23.1 Å². The molecule has 2 nitrogen and oxygen atoms in total. The summed E-state index contributed by atoms with van der Waals surface area (Å²) >= 11 is 3.89. The van der Waals surface area contributed by atoms with Crippen molar-refractivity contribution in [3.63, 3.8) is 0 Å². The number of rotatable bonds is 3. The number of aryl methyl sites for hydroxylation is 1. The maximum atomic E-state index is 4.46. The van der Waals surface area contributed by atoms with Crippen molar-refractivity contribution in [2.75, 3.05) is 5.75 Å². The van der Waals surface area contributed by atoms with Crippen LogP contribution in [0.5, 0.6) is 0 Å². The minimum Gasteiger partial charge on any atom is -0.304 e. The van der Waals surface area contributed by atoms with Crippen LogP contribution in [-0.2, 0) is 0 Å². The molecular weight excluding hydrogens is 236 g/mol. The minimum atomic E-state index is 0.393. The molecule has 3 unspecified atom stereocenters. The Kier molecular flexibility index (Phi) is 4.27. The highest BCUT2D eigenvalue weighted by Gasteiger charge is 2.24. The van der Waals surface area contributed by atoms with Crippen molar-refractivity contribution in [2.45, 2.75) is 50.9 Å². The number of aromatic nitrogens is 1. The van der Waals surface area contributed by atoms with E-state index in [0.29, 0.717) is 12.1 Å². The average Bonchev–Trinajstić information content (AvgIpc) is 2.68. The molecule has 1 aromatic heterocycles. The minimum absolute atomic E-state index is 0.393. The zero-order valence-corrected chi connectivity index (χ0v) is 11.8. The first kappa shape index (κ1) is 12.4. The van der Waals surface area contributed by atoms with Gasteiger partial charge >= 0.3 is 0 Å². The highest BCUT2D eigenvalue weighted by molar-refractivity contribution is 7.99. The second-order valence-electron chi connectivity index (χ2n) is 4.52. The lowest BCUT2D eigenvalue weighted by Crippen LogP contribution is -2.40. The third-order valence-electron chi connectivity index (χ3n) is 3.08. The lowest BCUT2D eigenvalue weighted by Gasteiger charge is -2.31. The highest BCUT2D eigenvalue weighted by Crippen LogP contribution is 2.28. The van der Waals surface area contributed by atoms with Crippen molar-refractivity contribution in [3.8, 4) is 0 Å². The smallest absolute Gasteiger partial charge is 0.109 e. The number of thiazole rings is 1. The maximum absolute atomic E-state index is 4.46. The van der Waals surface area contributed by atoms with Crippen molar-refractivity contribution in [1.29, 1.82) is 0 Å². The summed E-state index contributed by atoms with van der Waals surface area (Å²) in [5.41, 5.74) is 0. The first-order valence-corrected chi connectivity index (χ1v) is 7.83. The van der Waals surface area contributed by atoms with Gasteiger partial charge in [0.2, 0.25) is 0 Å². The third kappa shape index (κ3) is 2.99. The molecule has 0 aromatic carbocycles. The lowest BCUT2D eigenvalue weighted by atomic mass is 10.1. The average molecular weight is 256 g/mol. The van der Waals surface area contributed by atoms with Crippen LogP contribution in [0.3, 0.4) is 0 Å². The molecule has 1 saturated heterocycles. The molecule has 1 aliphatic rings. The van der Waals surface area contributed by atoms with Gasteiger partial charge in [0, 0.05) is 22.4 Å². The molecule has 16 heavy (non-hydrogen) atoms. The van der Waals surface area contributed by atoms with E-state index in [9.17, 15) is 0 Å². The zero-order valence-electron chi connectivity index (χ0n) is 10.2. The van der Waals surface area contributed by atoms with Gasteiger partial charge in [0.15, 0.2) is 0 Å². The molecule has 2 rings (SSSR count). The van der Waals surface area contributed by atoms with E-state index in [4.69, 9.17) is 0 Å². The first-order chi connectivity index (χ1) is 7.66. The zero-order chi connectivity index (χ0) is 11.5. The van der Waals surface area contributed by atoms with Gasteiger partial charge < -0.3 is 5.32 Å². The molecule has 0 radical (unpaired) electrons. The van der Waals surface area contributed by atoms with Gasteiger partial charge in [-0.25, -0.2) is 4.98 Å². The Morgan fingerprint density at radius 2 is 2.38 bits per heavy atom. The van der Waals surface area contributed by atoms with Crippen LogP contribution in [-0.4, -0.2) is 22.0 Å². The van der Waals surface area contributed by atoms with E-state index in [1.54, 1.807) is 11.3 Å². The Labute approximate surface area is 106 Å². The molecule has 1 fully saturated rings. The molecule has 0 saturated carbocycles. The van der Waals surface area contributed by atoms with Crippen molar-refractivity contribution in [1.82, 2.24) is 10.3 Å². The van der Waals surface area contributed by atoms with Crippen LogP contribution in [0.2, 0.25) is 0 Å². The predicted molar refractivity (Wildman–Crippen MR) is 73.3 cm³/mol. The first-order valence-electron chi connectivity index (χ1n) is 5.97. The van der Waals surface area contributed by atoms with Crippen molar-refractivity contribution >= 4 is 23.1 Å². The van der Waals surface area contributed by atoms with Gasteiger partial charge in [0.05, 0.1) is 6.04 Å². The summed E-state index contributed by atoms with van der Waals surface area (Å²) in [5, 5.41) is 5.68. The van der Waals surface area contributed by atoms with Gasteiger partial charge in [-0.1, -0.05) is 6.92 Å². The van der Waals surface area contributed by atoms with Gasteiger partial charge in [0.25, 0.3) is 0 Å². The van der Waals surface area contributed by atoms with Gasteiger partial charge in [0.1, 0.15) is 5.01 Å². The van der Waals surface area contributed by atoms with E-state index in [1.165, 1.54) is 28.5 Å². The van der Waals surface area contributed by atoms with Crippen LogP contribution in [0.15, 0.2) is 6.20 Å². The van der Waals surface area contributed by atoms with E-state index in [2.05, 4.69) is 42.8 Å². The number of hydrogen-bond acceptors (Lipinski definition) is 4. The van der Waals surface area contributed by atoms with Crippen LogP contribution in [0, 0.1) is 6.92 Å². The Hall–Kier alpha value is -0.0600. The molecule has 3 atom stereocenters. The lowest BCUT2D eigenvalue weighted by molar-refractivity contribution is 0.416. The summed E-state index contributed by atoms with van der Waals surface area (Å²) in [6.45, 7) is 6.68. The van der Waals surface area contributed by atoms with Crippen LogP contribution in [0.4, 0.5) is 0 Å². The van der Waals surface area contributed by atoms with Crippen LogP contribution in [0.25, 0.3) is 0 Å².